The first-order valence-electron chi connectivity index (χ1n) is 10.1. The van der Waals surface area contributed by atoms with Crippen molar-refractivity contribution in [3.63, 3.8) is 0 Å². The van der Waals surface area contributed by atoms with Gasteiger partial charge in [-0.05, 0) is 25.7 Å². The molecule has 4 aliphatic rings. The number of guanidine groups is 1. The van der Waals surface area contributed by atoms with Gasteiger partial charge in [-0.1, -0.05) is 12.8 Å². The lowest BCUT2D eigenvalue weighted by atomic mass is 9.54. The molecule has 0 amide bonds. The Hall–Kier alpha value is -0.850. The van der Waals surface area contributed by atoms with Crippen LogP contribution in [0.3, 0.4) is 0 Å². The van der Waals surface area contributed by atoms with Crippen LogP contribution in [-0.4, -0.2) is 76.1 Å². The van der Waals surface area contributed by atoms with E-state index in [0.717, 1.165) is 38.8 Å². The maximum Gasteiger partial charge on any atom is 0.191 e. The van der Waals surface area contributed by atoms with Crippen LogP contribution in [0.5, 0.6) is 0 Å². The molecule has 4 rings (SSSR count). The molecule has 25 heavy (non-hydrogen) atoms. The van der Waals surface area contributed by atoms with Crippen molar-refractivity contribution in [1.29, 1.82) is 0 Å². The molecule has 2 heterocycles. The maximum atomic E-state index is 6.10. The van der Waals surface area contributed by atoms with Crippen LogP contribution in [0, 0.1) is 11.3 Å². The maximum absolute atomic E-state index is 6.10. The van der Waals surface area contributed by atoms with Crippen molar-refractivity contribution in [3.8, 4) is 0 Å². The van der Waals surface area contributed by atoms with Crippen molar-refractivity contribution < 1.29 is 9.47 Å². The van der Waals surface area contributed by atoms with E-state index >= 15 is 0 Å². The Morgan fingerprint density at radius 1 is 1.28 bits per heavy atom. The van der Waals surface area contributed by atoms with Crippen LogP contribution in [0.25, 0.3) is 0 Å². The molecule has 1 spiro atoms. The third kappa shape index (κ3) is 3.17. The highest BCUT2D eigenvalue weighted by molar-refractivity contribution is 5.80. The standard InChI is InChI=1S/C19H34N4O2/c1-20-18(21-14-5-9-23(13-14)10-12-24-2)22-16-15-6-11-25-17(15)19(16)7-3-4-8-19/h14-17H,3-13H2,1-2H3,(H2,20,21,22). The highest BCUT2D eigenvalue weighted by atomic mass is 16.5. The minimum Gasteiger partial charge on any atom is -0.383 e. The van der Waals surface area contributed by atoms with Gasteiger partial charge in [-0.2, -0.15) is 0 Å². The van der Waals surface area contributed by atoms with Crippen molar-refractivity contribution in [2.45, 2.75) is 56.7 Å². The van der Waals surface area contributed by atoms with E-state index in [2.05, 4.69) is 20.5 Å². The zero-order valence-electron chi connectivity index (χ0n) is 15.8. The highest BCUT2D eigenvalue weighted by Gasteiger charge is 2.65. The lowest BCUT2D eigenvalue weighted by Gasteiger charge is -2.57. The Kier molecular flexibility index (Phi) is 5.20. The minimum atomic E-state index is 0.374. The van der Waals surface area contributed by atoms with E-state index < -0.39 is 0 Å². The van der Waals surface area contributed by atoms with Gasteiger partial charge in [0.25, 0.3) is 0 Å². The summed E-state index contributed by atoms with van der Waals surface area (Å²) < 4.78 is 11.3. The topological polar surface area (TPSA) is 58.1 Å². The van der Waals surface area contributed by atoms with Crippen molar-refractivity contribution in [2.24, 2.45) is 16.3 Å². The molecule has 6 heteroatoms. The predicted octanol–water partition coefficient (Wildman–Crippen LogP) is 1.22. The Morgan fingerprint density at radius 3 is 2.88 bits per heavy atom. The van der Waals surface area contributed by atoms with Gasteiger partial charge in [-0.15, -0.1) is 0 Å². The lowest BCUT2D eigenvalue weighted by molar-refractivity contribution is -0.125. The van der Waals surface area contributed by atoms with Crippen molar-refractivity contribution >= 4 is 5.96 Å². The normalized spacial score (nSPS) is 37.3. The largest absolute Gasteiger partial charge is 0.383 e. The van der Waals surface area contributed by atoms with Crippen molar-refractivity contribution in [3.05, 3.63) is 0 Å². The molecule has 2 saturated heterocycles. The molecule has 4 atom stereocenters. The summed E-state index contributed by atoms with van der Waals surface area (Å²) in [5, 5.41) is 7.48. The summed E-state index contributed by atoms with van der Waals surface area (Å²) in [4.78, 5) is 7.01. The first kappa shape index (κ1) is 17.6. The molecule has 0 radical (unpaired) electrons. The second-order valence-corrected chi connectivity index (χ2v) is 8.30. The molecule has 142 valence electrons. The second kappa shape index (κ2) is 7.41. The van der Waals surface area contributed by atoms with Gasteiger partial charge < -0.3 is 20.1 Å². The smallest absolute Gasteiger partial charge is 0.191 e. The third-order valence-corrected chi connectivity index (χ3v) is 7.03. The molecule has 0 aromatic heterocycles. The average Bonchev–Trinajstić information content (AvgIpc) is 3.36. The van der Waals surface area contributed by atoms with Crippen LogP contribution in [-0.2, 0) is 9.47 Å². The number of hydrogen-bond donors (Lipinski definition) is 2. The number of ether oxygens (including phenoxy) is 2. The van der Waals surface area contributed by atoms with Crippen molar-refractivity contribution in [2.75, 3.05) is 47.0 Å². The van der Waals surface area contributed by atoms with Gasteiger partial charge in [0.05, 0.1) is 12.7 Å². The number of fused-ring (bicyclic) bond motifs is 2. The van der Waals surface area contributed by atoms with Crippen LogP contribution in [0.2, 0.25) is 0 Å². The Balaban J connectivity index is 1.33. The highest BCUT2D eigenvalue weighted by Crippen LogP contribution is 2.60. The average molecular weight is 351 g/mol. The first-order chi connectivity index (χ1) is 12.3. The molecule has 4 fully saturated rings. The minimum absolute atomic E-state index is 0.374. The molecule has 0 aromatic rings. The summed E-state index contributed by atoms with van der Waals surface area (Å²) in [7, 11) is 3.67. The summed E-state index contributed by atoms with van der Waals surface area (Å²) in [5.74, 6) is 1.67. The van der Waals surface area contributed by atoms with Crippen LogP contribution in [0.1, 0.15) is 38.5 Å². The Labute approximate surface area is 151 Å². The molecular formula is C19H34N4O2. The van der Waals surface area contributed by atoms with E-state index in [4.69, 9.17) is 9.47 Å². The van der Waals surface area contributed by atoms with Gasteiger partial charge in [-0.25, -0.2) is 0 Å². The number of aliphatic imine (C=N–C) groups is 1. The molecule has 2 N–H and O–H groups in total. The molecule has 6 nitrogen and oxygen atoms in total. The fourth-order valence-corrected chi connectivity index (χ4v) is 5.79. The van der Waals surface area contributed by atoms with Crippen LogP contribution in [0.4, 0.5) is 0 Å². The zero-order valence-corrected chi connectivity index (χ0v) is 15.8. The monoisotopic (exact) mass is 350 g/mol. The molecule has 2 aliphatic heterocycles. The fraction of sp³-hybridized carbons (Fsp3) is 0.947. The van der Waals surface area contributed by atoms with E-state index in [9.17, 15) is 0 Å². The number of nitrogens with one attached hydrogen (secondary N) is 2. The van der Waals surface area contributed by atoms with Gasteiger partial charge in [0.15, 0.2) is 5.96 Å². The quantitative estimate of drug-likeness (QED) is 0.577. The number of rotatable bonds is 5. The van der Waals surface area contributed by atoms with Gasteiger partial charge in [-0.3, -0.25) is 9.89 Å². The molecule has 4 unspecified atom stereocenters. The lowest BCUT2D eigenvalue weighted by Crippen LogP contribution is -2.69. The van der Waals surface area contributed by atoms with E-state index in [0.29, 0.717) is 29.5 Å². The summed E-state index contributed by atoms with van der Waals surface area (Å²) in [6.45, 7) is 5.00. The molecule has 0 aromatic carbocycles. The number of likely N-dealkylation sites (tertiary alicyclic amines) is 1. The number of methoxy groups -OCH3 is 1. The number of hydrogen-bond acceptors (Lipinski definition) is 4. The predicted molar refractivity (Wildman–Crippen MR) is 98.9 cm³/mol. The van der Waals surface area contributed by atoms with Gasteiger partial charge >= 0.3 is 0 Å². The zero-order chi connectivity index (χ0) is 17.3. The SMILES string of the molecule is CN=C(NC1CCN(CCOC)C1)NC1C2CCOC2C12CCCC2. The van der Waals surface area contributed by atoms with E-state index in [1.165, 1.54) is 38.5 Å². The van der Waals surface area contributed by atoms with Gasteiger partial charge in [0, 0.05) is 63.8 Å². The second-order valence-electron chi connectivity index (χ2n) is 8.30. The fourth-order valence-electron chi connectivity index (χ4n) is 5.79. The van der Waals surface area contributed by atoms with Gasteiger partial charge in [0.1, 0.15) is 0 Å². The molecular weight excluding hydrogens is 316 g/mol. The van der Waals surface area contributed by atoms with Crippen LogP contribution >= 0.6 is 0 Å². The Bertz CT molecular complexity index is 492. The Morgan fingerprint density at radius 2 is 2.12 bits per heavy atom. The third-order valence-electron chi connectivity index (χ3n) is 7.03. The van der Waals surface area contributed by atoms with E-state index in [1.807, 2.05) is 7.05 Å². The van der Waals surface area contributed by atoms with Crippen molar-refractivity contribution in [1.82, 2.24) is 15.5 Å². The summed E-state index contributed by atoms with van der Waals surface area (Å²) in [5.41, 5.74) is 0.374. The number of nitrogens with zero attached hydrogens (tertiary/aromatic N) is 2. The van der Waals surface area contributed by atoms with Crippen LogP contribution < -0.4 is 10.6 Å². The molecule has 2 aliphatic carbocycles. The molecule has 2 saturated carbocycles. The van der Waals surface area contributed by atoms with E-state index in [1.54, 1.807) is 7.11 Å². The first-order valence-corrected chi connectivity index (χ1v) is 10.1. The summed E-state index contributed by atoms with van der Waals surface area (Å²) >= 11 is 0. The molecule has 0 bridgehead atoms. The van der Waals surface area contributed by atoms with Crippen LogP contribution in [0.15, 0.2) is 4.99 Å². The van der Waals surface area contributed by atoms with E-state index in [-0.39, 0.29) is 0 Å². The summed E-state index contributed by atoms with van der Waals surface area (Å²) in [6.07, 6.45) is 8.22. The summed E-state index contributed by atoms with van der Waals surface area (Å²) in [6, 6.07) is 1.03. The van der Waals surface area contributed by atoms with Gasteiger partial charge in [0.2, 0.25) is 0 Å².